The fourth-order valence-corrected chi connectivity index (χ4v) is 4.87. The molecule has 0 spiro atoms. The van der Waals surface area contributed by atoms with Crippen LogP contribution < -0.4 is 14.2 Å². The predicted molar refractivity (Wildman–Crippen MR) is 158 cm³/mol. The van der Waals surface area contributed by atoms with Gasteiger partial charge in [-0.15, -0.1) is 0 Å². The summed E-state index contributed by atoms with van der Waals surface area (Å²) in [4.78, 5) is 23.2. The van der Waals surface area contributed by atoms with Gasteiger partial charge in [0.1, 0.15) is 25.1 Å². The van der Waals surface area contributed by atoms with E-state index in [4.69, 9.17) is 24.6 Å². The minimum Gasteiger partial charge on any atom is -0.493 e. The number of carbonyl (C=O) groups is 1. The summed E-state index contributed by atoms with van der Waals surface area (Å²) < 4.78 is 17.3. The lowest BCUT2D eigenvalue weighted by Gasteiger charge is -2.26. The average molecular weight is 588 g/mol. The number of aliphatic hydroxyl groups is 1. The molecule has 5 aromatic rings. The molecule has 0 radical (unpaired) electrons. The van der Waals surface area contributed by atoms with E-state index >= 15 is 0 Å². The lowest BCUT2D eigenvalue weighted by molar-refractivity contribution is -0.497. The van der Waals surface area contributed by atoms with E-state index in [9.17, 15) is 9.90 Å². The Bertz CT molecular complexity index is 1670. The molecule has 4 N–H and O–H groups in total. The minimum absolute atomic E-state index is 0.0280. The summed E-state index contributed by atoms with van der Waals surface area (Å²) in [6, 6.07) is 27.4. The Morgan fingerprint density at radius 1 is 0.860 bits per heavy atom. The summed E-state index contributed by atoms with van der Waals surface area (Å²) in [5, 5.41) is 30.3. The van der Waals surface area contributed by atoms with Crippen LogP contribution in [0.5, 0.6) is 17.2 Å². The number of aliphatic hydroxyl groups excluding tert-OH is 1. The number of hydrogen-bond donors (Lipinski definition) is 4. The largest absolute Gasteiger partial charge is 0.493 e. The van der Waals surface area contributed by atoms with Crippen molar-refractivity contribution in [2.75, 3.05) is 33.4 Å². The number of nitrogens with one attached hydrogen (secondary N) is 1. The SMILES string of the molecule is COc1ccccc1OCCN(CC(O)COc1cccc2[nH]c3ccccc3c12)C(=O)c1cccc(CON(O)O)c1. The number of ether oxygens (including phenoxy) is 3. The number of aromatic nitrogens is 1. The third kappa shape index (κ3) is 7.41. The molecule has 0 aliphatic rings. The first-order chi connectivity index (χ1) is 20.9. The van der Waals surface area contributed by atoms with Crippen molar-refractivity contribution in [2.45, 2.75) is 12.7 Å². The number of para-hydroxylation sites is 3. The first-order valence-corrected chi connectivity index (χ1v) is 13.7. The van der Waals surface area contributed by atoms with Gasteiger partial charge in [-0.05, 0) is 48.0 Å². The number of hydrogen-bond acceptors (Lipinski definition) is 9. The van der Waals surface area contributed by atoms with Crippen LogP contribution in [0.4, 0.5) is 0 Å². The van der Waals surface area contributed by atoms with Gasteiger partial charge in [0.15, 0.2) is 11.5 Å². The average Bonchev–Trinajstić information content (AvgIpc) is 3.41. The summed E-state index contributed by atoms with van der Waals surface area (Å²) in [6.45, 7) is 0.0575. The molecule has 1 amide bonds. The molecule has 11 heteroatoms. The van der Waals surface area contributed by atoms with Gasteiger partial charge in [-0.25, -0.2) is 4.84 Å². The van der Waals surface area contributed by atoms with Crippen LogP contribution in [0.15, 0.2) is 91.0 Å². The van der Waals surface area contributed by atoms with Crippen molar-refractivity contribution in [2.24, 2.45) is 0 Å². The fourth-order valence-electron chi connectivity index (χ4n) is 4.87. The van der Waals surface area contributed by atoms with Crippen LogP contribution in [0, 0.1) is 0 Å². The molecule has 11 nitrogen and oxygen atoms in total. The van der Waals surface area contributed by atoms with E-state index in [0.717, 1.165) is 21.8 Å². The van der Waals surface area contributed by atoms with Gasteiger partial charge in [0.05, 0.1) is 37.7 Å². The van der Waals surface area contributed by atoms with Gasteiger partial charge in [0.2, 0.25) is 0 Å². The molecule has 1 heterocycles. The second-order valence-corrected chi connectivity index (χ2v) is 9.79. The summed E-state index contributed by atoms with van der Waals surface area (Å²) in [5.41, 5.74) is 2.78. The van der Waals surface area contributed by atoms with Gasteiger partial charge >= 0.3 is 0 Å². The molecule has 4 aromatic carbocycles. The molecule has 0 fully saturated rings. The van der Waals surface area contributed by atoms with Gasteiger partial charge < -0.3 is 29.2 Å². The second-order valence-electron chi connectivity index (χ2n) is 9.79. The minimum atomic E-state index is -1.01. The first kappa shape index (κ1) is 29.8. The standard InChI is InChI=1S/C32H33N3O8/c1-40-28-13-4-5-14-29(28)41-17-16-34(32(37)23-9-6-8-22(18-23)20-43-35(38)39)19-24(36)21-42-30-15-7-12-27-31(30)25-10-2-3-11-26(25)33-27/h2-15,18,24,33,36,38-39H,16-17,19-21H2,1H3. The van der Waals surface area contributed by atoms with Crippen LogP contribution in [0.25, 0.3) is 21.8 Å². The molecular weight excluding hydrogens is 554 g/mol. The number of nitrogens with zero attached hydrogens (tertiary/aromatic N) is 2. The Balaban J connectivity index is 1.30. The Labute approximate surface area is 247 Å². The molecule has 0 saturated carbocycles. The third-order valence-electron chi connectivity index (χ3n) is 6.85. The number of aromatic amines is 1. The number of carbonyl (C=O) groups excluding carboxylic acids is 1. The molecule has 1 unspecified atom stereocenters. The van der Waals surface area contributed by atoms with E-state index in [1.54, 1.807) is 43.5 Å². The third-order valence-corrected chi connectivity index (χ3v) is 6.85. The highest BCUT2D eigenvalue weighted by Crippen LogP contribution is 2.33. The Kier molecular flexibility index (Phi) is 9.72. The van der Waals surface area contributed by atoms with Gasteiger partial charge in [0.25, 0.3) is 5.91 Å². The van der Waals surface area contributed by atoms with Gasteiger partial charge in [-0.2, -0.15) is 0 Å². The summed E-state index contributed by atoms with van der Waals surface area (Å²) in [6.07, 6.45) is -1.01. The van der Waals surface area contributed by atoms with Crippen molar-refractivity contribution in [3.8, 4) is 17.2 Å². The maximum atomic E-state index is 13.6. The molecule has 0 aliphatic carbocycles. The van der Waals surface area contributed by atoms with Crippen molar-refractivity contribution in [3.05, 3.63) is 102 Å². The lowest BCUT2D eigenvalue weighted by atomic mass is 10.1. The second kappa shape index (κ2) is 14.0. The number of amides is 1. The molecule has 1 atom stereocenters. The van der Waals surface area contributed by atoms with Gasteiger partial charge in [-0.3, -0.25) is 15.2 Å². The molecule has 5 rings (SSSR count). The van der Waals surface area contributed by atoms with E-state index in [0.29, 0.717) is 28.4 Å². The predicted octanol–water partition coefficient (Wildman–Crippen LogP) is 4.80. The van der Waals surface area contributed by atoms with Crippen molar-refractivity contribution in [3.63, 3.8) is 0 Å². The normalized spacial score (nSPS) is 12.0. The van der Waals surface area contributed by atoms with Gasteiger partial charge in [0, 0.05) is 21.9 Å². The molecule has 1 aromatic heterocycles. The van der Waals surface area contributed by atoms with Crippen LogP contribution in [0.3, 0.4) is 0 Å². The zero-order chi connectivity index (χ0) is 30.2. The van der Waals surface area contributed by atoms with Crippen LogP contribution in [0.2, 0.25) is 0 Å². The number of rotatable bonds is 14. The number of benzene rings is 4. The van der Waals surface area contributed by atoms with E-state index in [1.807, 2.05) is 54.6 Å². The van der Waals surface area contributed by atoms with Crippen molar-refractivity contribution in [1.82, 2.24) is 15.3 Å². The summed E-state index contributed by atoms with van der Waals surface area (Å²) in [7, 11) is 1.55. The quantitative estimate of drug-likeness (QED) is 0.135. The van der Waals surface area contributed by atoms with E-state index in [1.165, 1.54) is 4.90 Å². The highest BCUT2D eigenvalue weighted by Gasteiger charge is 2.21. The maximum absolute atomic E-state index is 13.6. The number of methoxy groups -OCH3 is 1. The molecule has 0 bridgehead atoms. The zero-order valence-corrected chi connectivity index (χ0v) is 23.6. The summed E-state index contributed by atoms with van der Waals surface area (Å²) in [5.74, 6) is 1.37. The van der Waals surface area contributed by atoms with Crippen molar-refractivity contribution in [1.29, 1.82) is 0 Å². The van der Waals surface area contributed by atoms with Crippen molar-refractivity contribution < 1.29 is 39.4 Å². The smallest absolute Gasteiger partial charge is 0.254 e. The monoisotopic (exact) mass is 587 g/mol. The highest BCUT2D eigenvalue weighted by atomic mass is 17.1. The zero-order valence-electron chi connectivity index (χ0n) is 23.6. The molecule has 43 heavy (non-hydrogen) atoms. The topological polar surface area (TPSA) is 137 Å². The van der Waals surface area contributed by atoms with E-state index in [2.05, 4.69) is 9.82 Å². The first-order valence-electron chi connectivity index (χ1n) is 13.7. The van der Waals surface area contributed by atoms with Crippen molar-refractivity contribution >= 4 is 27.7 Å². The fraction of sp³-hybridized carbons (Fsp3) is 0.219. The summed E-state index contributed by atoms with van der Waals surface area (Å²) >= 11 is 0. The molecule has 224 valence electrons. The maximum Gasteiger partial charge on any atom is 0.254 e. The van der Waals surface area contributed by atoms with Crippen LogP contribution >= 0.6 is 0 Å². The van der Waals surface area contributed by atoms with Crippen LogP contribution in [-0.2, 0) is 11.4 Å². The Morgan fingerprint density at radius 3 is 2.40 bits per heavy atom. The van der Waals surface area contributed by atoms with Gasteiger partial charge in [-0.1, -0.05) is 48.5 Å². The molecular formula is C32H33N3O8. The van der Waals surface area contributed by atoms with Crippen LogP contribution in [0.1, 0.15) is 15.9 Å². The highest BCUT2D eigenvalue weighted by molar-refractivity contribution is 6.10. The molecule has 0 aliphatic heterocycles. The van der Waals surface area contributed by atoms with E-state index in [-0.39, 0.29) is 44.2 Å². The number of fused-ring (bicyclic) bond motifs is 3. The number of H-pyrrole nitrogens is 1. The Hall–Kier alpha value is -4.65. The van der Waals surface area contributed by atoms with E-state index < -0.39 is 6.10 Å². The molecule has 0 saturated heterocycles. The van der Waals surface area contributed by atoms with Crippen LogP contribution in [-0.4, -0.2) is 76.2 Å². The lowest BCUT2D eigenvalue weighted by Crippen LogP contribution is -2.42. The Morgan fingerprint density at radius 2 is 1.58 bits per heavy atom.